The lowest BCUT2D eigenvalue weighted by atomic mass is 9.94. The van der Waals surface area contributed by atoms with Crippen molar-refractivity contribution in [3.63, 3.8) is 0 Å². The molecule has 1 aromatic rings. The van der Waals surface area contributed by atoms with Crippen LogP contribution in [0.2, 0.25) is 0 Å². The highest BCUT2D eigenvalue weighted by Crippen LogP contribution is 2.21. The molecule has 0 aromatic carbocycles. The Hall–Kier alpha value is -0.790. The number of halogens is 1. The van der Waals surface area contributed by atoms with E-state index in [1.165, 1.54) is 11.3 Å². The Morgan fingerprint density at radius 2 is 2.13 bits per heavy atom. The van der Waals surface area contributed by atoms with E-state index in [0.29, 0.717) is 18.0 Å². The summed E-state index contributed by atoms with van der Waals surface area (Å²) in [6.45, 7) is 12.6. The topological polar surface area (TPSA) is 54.2 Å². The van der Waals surface area contributed by atoms with E-state index >= 15 is 0 Å². The quantitative estimate of drug-likeness (QED) is 0.426. The van der Waals surface area contributed by atoms with Crippen LogP contribution in [0.25, 0.3) is 0 Å². The monoisotopic (exact) mass is 433 g/mol. The van der Waals surface area contributed by atoms with Crippen molar-refractivity contribution in [2.24, 2.45) is 10.9 Å². The fraction of sp³-hybridized carbons (Fsp3) is 0.765. The minimum Gasteiger partial charge on any atom is -0.357 e. The van der Waals surface area contributed by atoms with Crippen LogP contribution in [0.5, 0.6) is 0 Å². The van der Waals surface area contributed by atoms with Gasteiger partial charge in [-0.05, 0) is 45.1 Å². The highest BCUT2D eigenvalue weighted by atomic mass is 127. The van der Waals surface area contributed by atoms with Gasteiger partial charge < -0.3 is 10.6 Å². The number of hydrogen-bond donors (Lipinski definition) is 2. The Bertz CT molecular complexity index is 507. The van der Waals surface area contributed by atoms with Gasteiger partial charge >= 0.3 is 0 Å². The van der Waals surface area contributed by atoms with Gasteiger partial charge in [0.2, 0.25) is 0 Å². The van der Waals surface area contributed by atoms with Crippen molar-refractivity contribution >= 4 is 29.9 Å². The van der Waals surface area contributed by atoms with Crippen LogP contribution in [0.15, 0.2) is 11.2 Å². The molecule has 1 heterocycles. The van der Waals surface area contributed by atoms with Gasteiger partial charge in [0.05, 0.1) is 5.69 Å². The third kappa shape index (κ3) is 5.97. The third-order valence-corrected chi connectivity index (χ3v) is 3.93. The average molecular weight is 433 g/mol. The standard InChI is InChI=1S/C17H31N5.HI/c1-6-18-17(19-10-12(2)3)20-15-8-7-14-11-22(13(4)5)21-16(14)9-15;/h11-13,15H,6-10H2,1-5H3,(H2,18,19,20);1H. The van der Waals surface area contributed by atoms with E-state index in [-0.39, 0.29) is 24.0 Å². The van der Waals surface area contributed by atoms with Crippen molar-refractivity contribution in [1.82, 2.24) is 20.4 Å². The third-order valence-electron chi connectivity index (χ3n) is 3.93. The summed E-state index contributed by atoms with van der Waals surface area (Å²) in [6.07, 6.45) is 5.45. The lowest BCUT2D eigenvalue weighted by Gasteiger charge is -2.24. The summed E-state index contributed by atoms with van der Waals surface area (Å²) < 4.78 is 2.09. The van der Waals surface area contributed by atoms with Crippen LogP contribution in [-0.4, -0.2) is 34.9 Å². The first-order chi connectivity index (χ1) is 10.5. The van der Waals surface area contributed by atoms with Crippen LogP contribution in [-0.2, 0) is 12.8 Å². The normalized spacial score (nSPS) is 17.9. The molecule has 6 heteroatoms. The number of aliphatic imine (C=N–C) groups is 1. The number of nitrogens with one attached hydrogen (secondary N) is 2. The number of guanidine groups is 1. The van der Waals surface area contributed by atoms with Crippen LogP contribution >= 0.6 is 24.0 Å². The fourth-order valence-corrected chi connectivity index (χ4v) is 2.69. The first-order valence-electron chi connectivity index (χ1n) is 8.61. The Morgan fingerprint density at radius 3 is 2.74 bits per heavy atom. The summed E-state index contributed by atoms with van der Waals surface area (Å²) in [4.78, 5) is 4.67. The smallest absolute Gasteiger partial charge is 0.191 e. The number of fused-ring (bicyclic) bond motifs is 1. The predicted octanol–water partition coefficient (Wildman–Crippen LogP) is 3.15. The molecule has 0 saturated carbocycles. The Kier molecular flexibility index (Phi) is 8.36. The summed E-state index contributed by atoms with van der Waals surface area (Å²) in [5.41, 5.74) is 2.66. The molecule has 1 atom stereocenters. The highest BCUT2D eigenvalue weighted by Gasteiger charge is 2.22. The molecular formula is C17H32IN5. The first-order valence-corrected chi connectivity index (χ1v) is 8.61. The van der Waals surface area contributed by atoms with Crippen LogP contribution in [0.4, 0.5) is 0 Å². The van der Waals surface area contributed by atoms with Crippen LogP contribution in [0.3, 0.4) is 0 Å². The second kappa shape index (κ2) is 9.49. The lowest BCUT2D eigenvalue weighted by Crippen LogP contribution is -2.45. The molecule has 0 spiro atoms. The zero-order valence-corrected chi connectivity index (χ0v) is 17.4. The van der Waals surface area contributed by atoms with Crippen LogP contribution in [0, 0.1) is 5.92 Å². The molecule has 132 valence electrons. The average Bonchev–Trinajstić information content (AvgIpc) is 2.88. The summed E-state index contributed by atoms with van der Waals surface area (Å²) >= 11 is 0. The number of hydrogen-bond acceptors (Lipinski definition) is 2. The van der Waals surface area contributed by atoms with E-state index in [1.807, 2.05) is 0 Å². The van der Waals surface area contributed by atoms with Gasteiger partial charge in [-0.2, -0.15) is 5.10 Å². The van der Waals surface area contributed by atoms with E-state index in [2.05, 4.69) is 61.1 Å². The zero-order valence-electron chi connectivity index (χ0n) is 15.1. The second-order valence-electron chi connectivity index (χ2n) is 6.87. The van der Waals surface area contributed by atoms with E-state index in [9.17, 15) is 0 Å². The molecule has 0 aliphatic heterocycles. The molecule has 1 aromatic heterocycles. The summed E-state index contributed by atoms with van der Waals surface area (Å²) in [5.74, 6) is 1.52. The van der Waals surface area contributed by atoms with E-state index < -0.39 is 0 Å². The van der Waals surface area contributed by atoms with Crippen LogP contribution in [0.1, 0.15) is 58.3 Å². The maximum Gasteiger partial charge on any atom is 0.191 e. The van der Waals surface area contributed by atoms with Crippen molar-refractivity contribution in [3.05, 3.63) is 17.5 Å². The minimum atomic E-state index is 0. The number of aryl methyl sites for hydroxylation is 1. The Labute approximate surface area is 157 Å². The molecule has 0 bridgehead atoms. The summed E-state index contributed by atoms with van der Waals surface area (Å²) in [7, 11) is 0. The second-order valence-corrected chi connectivity index (χ2v) is 6.87. The van der Waals surface area contributed by atoms with Crippen molar-refractivity contribution in [2.45, 2.75) is 66.0 Å². The highest BCUT2D eigenvalue weighted by molar-refractivity contribution is 14.0. The number of aromatic nitrogens is 2. The van der Waals surface area contributed by atoms with Gasteiger partial charge in [0, 0.05) is 37.8 Å². The van der Waals surface area contributed by atoms with Gasteiger partial charge in [0.15, 0.2) is 5.96 Å². The molecule has 23 heavy (non-hydrogen) atoms. The molecule has 1 aliphatic carbocycles. The molecule has 5 nitrogen and oxygen atoms in total. The Balaban J connectivity index is 0.00000264. The molecule has 0 amide bonds. The molecule has 1 unspecified atom stereocenters. The van der Waals surface area contributed by atoms with Gasteiger partial charge in [-0.3, -0.25) is 9.67 Å². The molecule has 2 N–H and O–H groups in total. The van der Waals surface area contributed by atoms with Gasteiger partial charge in [0.1, 0.15) is 0 Å². The molecular weight excluding hydrogens is 401 g/mol. The maximum atomic E-state index is 4.74. The van der Waals surface area contributed by atoms with Crippen molar-refractivity contribution in [3.8, 4) is 0 Å². The summed E-state index contributed by atoms with van der Waals surface area (Å²) in [6, 6.07) is 0.856. The summed E-state index contributed by atoms with van der Waals surface area (Å²) in [5, 5.41) is 11.7. The predicted molar refractivity (Wildman–Crippen MR) is 108 cm³/mol. The lowest BCUT2D eigenvalue weighted by molar-refractivity contribution is 0.498. The Morgan fingerprint density at radius 1 is 1.39 bits per heavy atom. The number of nitrogens with zero attached hydrogens (tertiary/aromatic N) is 3. The largest absolute Gasteiger partial charge is 0.357 e. The van der Waals surface area contributed by atoms with E-state index in [1.54, 1.807) is 0 Å². The maximum absolute atomic E-state index is 4.74. The molecule has 0 fully saturated rings. The van der Waals surface area contributed by atoms with Gasteiger partial charge in [-0.15, -0.1) is 24.0 Å². The molecule has 0 radical (unpaired) electrons. The van der Waals surface area contributed by atoms with Gasteiger partial charge in [-0.1, -0.05) is 13.8 Å². The van der Waals surface area contributed by atoms with E-state index in [0.717, 1.165) is 38.3 Å². The number of rotatable bonds is 5. The van der Waals surface area contributed by atoms with Crippen LogP contribution < -0.4 is 10.6 Å². The zero-order chi connectivity index (χ0) is 16.1. The van der Waals surface area contributed by atoms with Crippen molar-refractivity contribution in [1.29, 1.82) is 0 Å². The molecule has 2 rings (SSSR count). The van der Waals surface area contributed by atoms with Crippen molar-refractivity contribution in [2.75, 3.05) is 13.1 Å². The van der Waals surface area contributed by atoms with Crippen molar-refractivity contribution < 1.29 is 0 Å². The minimum absolute atomic E-state index is 0. The van der Waals surface area contributed by atoms with Gasteiger partial charge in [-0.25, -0.2) is 0 Å². The fourth-order valence-electron chi connectivity index (χ4n) is 2.69. The molecule has 0 saturated heterocycles. The molecule has 1 aliphatic rings. The SMILES string of the molecule is CCNC(=NCC(C)C)NC1CCc2cn(C(C)C)nc2C1.I. The first kappa shape index (κ1) is 20.3. The van der Waals surface area contributed by atoms with E-state index in [4.69, 9.17) is 5.10 Å². The van der Waals surface area contributed by atoms with Gasteiger partial charge in [0.25, 0.3) is 0 Å².